The van der Waals surface area contributed by atoms with Crippen LogP contribution in [0.3, 0.4) is 0 Å². The number of benzene rings is 1. The summed E-state index contributed by atoms with van der Waals surface area (Å²) in [6.45, 7) is 7.18. The van der Waals surface area contributed by atoms with E-state index in [0.717, 1.165) is 30.6 Å². The van der Waals surface area contributed by atoms with Crippen LogP contribution in [-0.2, 0) is 6.42 Å². The van der Waals surface area contributed by atoms with Crippen LogP contribution in [0.25, 0.3) is 11.8 Å². The fourth-order valence-electron chi connectivity index (χ4n) is 4.01. The summed E-state index contributed by atoms with van der Waals surface area (Å²) in [6.07, 6.45) is 0.491. The predicted molar refractivity (Wildman–Crippen MR) is 112 cm³/mol. The SMILES string of the molecule is CC.CC(O)C(F)(F)F.C[C@]12Cc3cnn(-c4ccc(F)cc4)c3C=C1CC[C@@H]2CO. The van der Waals surface area contributed by atoms with Crippen LogP contribution in [0.1, 0.15) is 51.8 Å². The Bertz CT molecular complexity index is 888. The van der Waals surface area contributed by atoms with Gasteiger partial charge in [-0.2, -0.15) is 18.3 Å². The molecule has 2 aliphatic carbocycles. The van der Waals surface area contributed by atoms with Crippen molar-refractivity contribution >= 4 is 6.08 Å². The monoisotopic (exact) mass is 442 g/mol. The third-order valence-corrected chi connectivity index (χ3v) is 5.92. The third kappa shape index (κ3) is 5.36. The highest BCUT2D eigenvalue weighted by molar-refractivity contribution is 5.61. The number of aliphatic hydroxyl groups is 2. The van der Waals surface area contributed by atoms with Crippen molar-refractivity contribution in [3.8, 4) is 5.69 Å². The Morgan fingerprint density at radius 3 is 2.32 bits per heavy atom. The maximum absolute atomic E-state index is 13.1. The number of aromatic nitrogens is 2. The first-order valence-corrected chi connectivity index (χ1v) is 10.5. The summed E-state index contributed by atoms with van der Waals surface area (Å²) in [5.74, 6) is 0.0957. The second kappa shape index (κ2) is 9.96. The normalized spacial score (nSPS) is 22.8. The van der Waals surface area contributed by atoms with Crippen LogP contribution in [0.4, 0.5) is 17.6 Å². The van der Waals surface area contributed by atoms with E-state index in [-0.39, 0.29) is 17.8 Å². The Morgan fingerprint density at radius 1 is 1.23 bits per heavy atom. The second-order valence-corrected chi connectivity index (χ2v) is 7.84. The van der Waals surface area contributed by atoms with Crippen LogP contribution in [0, 0.1) is 17.2 Å². The van der Waals surface area contributed by atoms with Gasteiger partial charge in [0, 0.05) is 6.61 Å². The molecule has 3 atom stereocenters. The number of alkyl halides is 3. The van der Waals surface area contributed by atoms with E-state index in [1.807, 2.05) is 24.7 Å². The van der Waals surface area contributed by atoms with Crippen molar-refractivity contribution in [2.24, 2.45) is 11.3 Å². The fourth-order valence-corrected chi connectivity index (χ4v) is 4.01. The number of nitrogens with zero attached hydrogens (tertiary/aromatic N) is 2. The van der Waals surface area contributed by atoms with Crippen molar-refractivity contribution < 1.29 is 27.8 Å². The molecule has 1 aromatic heterocycles. The van der Waals surface area contributed by atoms with E-state index >= 15 is 0 Å². The van der Waals surface area contributed by atoms with Crippen LogP contribution in [-0.4, -0.2) is 38.9 Å². The molecule has 1 saturated carbocycles. The van der Waals surface area contributed by atoms with Crippen LogP contribution in [0.5, 0.6) is 0 Å². The molecule has 2 aliphatic rings. The van der Waals surface area contributed by atoms with Crippen LogP contribution in [0.2, 0.25) is 0 Å². The lowest BCUT2D eigenvalue weighted by molar-refractivity contribution is -0.197. The third-order valence-electron chi connectivity index (χ3n) is 5.92. The zero-order valence-corrected chi connectivity index (χ0v) is 18.2. The Hall–Kier alpha value is -2.19. The summed E-state index contributed by atoms with van der Waals surface area (Å²) in [5, 5.41) is 21.9. The van der Waals surface area contributed by atoms with Crippen molar-refractivity contribution in [1.29, 1.82) is 0 Å². The smallest absolute Gasteiger partial charge is 0.396 e. The van der Waals surface area contributed by atoms with Gasteiger partial charge in [0.05, 0.1) is 17.6 Å². The van der Waals surface area contributed by atoms with Crippen molar-refractivity contribution in [2.75, 3.05) is 6.61 Å². The van der Waals surface area contributed by atoms with Crippen molar-refractivity contribution in [1.82, 2.24) is 9.78 Å². The molecule has 1 heterocycles. The summed E-state index contributed by atoms with van der Waals surface area (Å²) in [7, 11) is 0. The van der Waals surface area contributed by atoms with Gasteiger partial charge in [-0.3, -0.25) is 0 Å². The number of halogens is 4. The number of allylic oxidation sites excluding steroid dienone is 1. The lowest BCUT2D eigenvalue weighted by Crippen LogP contribution is -2.30. The van der Waals surface area contributed by atoms with E-state index in [1.165, 1.54) is 23.3 Å². The highest BCUT2D eigenvalue weighted by Gasteiger charge is 2.45. The van der Waals surface area contributed by atoms with Gasteiger partial charge in [-0.1, -0.05) is 26.3 Å². The molecule has 0 aliphatic heterocycles. The van der Waals surface area contributed by atoms with Crippen LogP contribution < -0.4 is 0 Å². The van der Waals surface area contributed by atoms with Gasteiger partial charge in [0.25, 0.3) is 0 Å². The minimum absolute atomic E-state index is 0.0540. The van der Waals surface area contributed by atoms with E-state index in [9.17, 15) is 22.7 Å². The quantitative estimate of drug-likeness (QED) is 0.620. The van der Waals surface area contributed by atoms with Gasteiger partial charge in [0.15, 0.2) is 0 Å². The van der Waals surface area contributed by atoms with E-state index < -0.39 is 12.3 Å². The average Bonchev–Trinajstić information content (AvgIpc) is 3.27. The molecule has 0 radical (unpaired) electrons. The lowest BCUT2D eigenvalue weighted by Gasteiger charge is -2.35. The number of hydrogen-bond donors (Lipinski definition) is 2. The van der Waals surface area contributed by atoms with E-state index in [0.29, 0.717) is 12.8 Å². The summed E-state index contributed by atoms with van der Waals surface area (Å²) < 4.78 is 47.8. The molecule has 4 rings (SSSR count). The molecule has 2 aromatic rings. The molecule has 1 fully saturated rings. The molecular weight excluding hydrogens is 412 g/mol. The van der Waals surface area contributed by atoms with Gasteiger partial charge in [-0.15, -0.1) is 0 Å². The molecule has 2 N–H and O–H groups in total. The zero-order valence-electron chi connectivity index (χ0n) is 18.2. The van der Waals surface area contributed by atoms with Gasteiger partial charge in [-0.25, -0.2) is 9.07 Å². The number of fused-ring (bicyclic) bond motifs is 2. The zero-order chi connectivity index (χ0) is 23.4. The molecule has 8 heteroatoms. The van der Waals surface area contributed by atoms with Gasteiger partial charge >= 0.3 is 6.18 Å². The summed E-state index contributed by atoms with van der Waals surface area (Å²) in [4.78, 5) is 0. The Labute approximate surface area is 180 Å². The van der Waals surface area contributed by atoms with E-state index in [4.69, 9.17) is 5.11 Å². The largest absolute Gasteiger partial charge is 0.414 e. The summed E-state index contributed by atoms with van der Waals surface area (Å²) >= 11 is 0. The minimum Gasteiger partial charge on any atom is -0.396 e. The first-order valence-electron chi connectivity index (χ1n) is 10.5. The van der Waals surface area contributed by atoms with Crippen LogP contribution >= 0.6 is 0 Å². The van der Waals surface area contributed by atoms with E-state index in [1.54, 1.807) is 12.1 Å². The summed E-state index contributed by atoms with van der Waals surface area (Å²) in [5.41, 5.74) is 4.63. The van der Waals surface area contributed by atoms with Crippen molar-refractivity contribution in [3.63, 3.8) is 0 Å². The number of hydrogen-bond acceptors (Lipinski definition) is 3. The first-order chi connectivity index (χ1) is 14.6. The Morgan fingerprint density at radius 2 is 1.81 bits per heavy atom. The molecule has 1 unspecified atom stereocenters. The standard InChI is InChI=1S/C18H19FN2O.C3H5F3O.C2H6/c1-18-9-12-10-20-21(16-6-4-15(19)5-7-16)17(12)8-13(18)2-3-14(18)11-22;1-2(7)3(4,5)6;1-2/h4-8,10,14,22H,2-3,9,11H2,1H3;2,7H,1H3;1-2H3/t14-,18+;;/m1../s1. The Balaban J connectivity index is 0.000000327. The molecule has 172 valence electrons. The fraction of sp³-hybridized carbons (Fsp3) is 0.522. The van der Waals surface area contributed by atoms with Crippen LogP contribution in [0.15, 0.2) is 36.0 Å². The molecule has 0 saturated heterocycles. The van der Waals surface area contributed by atoms with E-state index in [2.05, 4.69) is 18.1 Å². The maximum atomic E-state index is 13.1. The molecule has 4 nitrogen and oxygen atoms in total. The number of aliphatic hydroxyl groups excluding tert-OH is 2. The molecule has 31 heavy (non-hydrogen) atoms. The molecule has 1 aromatic carbocycles. The van der Waals surface area contributed by atoms with Crippen molar-refractivity contribution in [2.45, 2.75) is 59.2 Å². The lowest BCUT2D eigenvalue weighted by atomic mass is 9.70. The first kappa shape index (κ1) is 25.1. The molecule has 0 amide bonds. The van der Waals surface area contributed by atoms with Crippen molar-refractivity contribution in [3.05, 3.63) is 53.1 Å². The topological polar surface area (TPSA) is 58.3 Å². The van der Waals surface area contributed by atoms with Gasteiger partial charge in [-0.05, 0) is 73.4 Å². The highest BCUT2D eigenvalue weighted by Crippen LogP contribution is 2.52. The average molecular weight is 442 g/mol. The second-order valence-electron chi connectivity index (χ2n) is 7.84. The predicted octanol–water partition coefficient (Wildman–Crippen LogP) is 5.32. The molecular formula is C23H30F4N2O2. The van der Waals surface area contributed by atoms with Gasteiger partial charge in [0.1, 0.15) is 11.9 Å². The van der Waals surface area contributed by atoms with Gasteiger partial charge in [0.2, 0.25) is 0 Å². The maximum Gasteiger partial charge on any atom is 0.414 e. The molecule has 0 bridgehead atoms. The van der Waals surface area contributed by atoms with Gasteiger partial charge < -0.3 is 10.2 Å². The highest BCUT2D eigenvalue weighted by atomic mass is 19.4. The Kier molecular flexibility index (Phi) is 8.05. The summed E-state index contributed by atoms with van der Waals surface area (Å²) in [6, 6.07) is 6.42. The molecule has 0 spiro atoms. The minimum atomic E-state index is -4.44. The number of rotatable bonds is 2.